The number of sulfonamides is 1. The highest BCUT2D eigenvalue weighted by atomic mass is 32.2. The molecule has 5 nitrogen and oxygen atoms in total. The van der Waals surface area contributed by atoms with Crippen molar-refractivity contribution in [1.82, 2.24) is 0 Å². The average Bonchev–Trinajstić information content (AvgIpc) is 2.83. The quantitative estimate of drug-likeness (QED) is 0.845. The maximum Gasteiger partial charge on any atom is 0.390 e. The molecule has 0 amide bonds. The minimum absolute atomic E-state index is 0.221. The number of rotatable bonds is 1. The molecule has 0 saturated heterocycles. The van der Waals surface area contributed by atoms with Gasteiger partial charge in [-0.3, -0.25) is 0 Å². The van der Waals surface area contributed by atoms with Crippen LogP contribution in [0.2, 0.25) is 0 Å². The van der Waals surface area contributed by atoms with Gasteiger partial charge in [-0.1, -0.05) is 24.3 Å². The zero-order valence-corrected chi connectivity index (χ0v) is 14.1. The van der Waals surface area contributed by atoms with Crippen LogP contribution in [-0.2, 0) is 10.0 Å². The molecule has 118 valence electrons. The molecular formula is C17H18N3O2S+. The second-order valence-corrected chi connectivity index (χ2v) is 8.22. The maximum atomic E-state index is 12.9. The topological polar surface area (TPSA) is 72.8 Å². The highest BCUT2D eigenvalue weighted by Gasteiger charge is 2.63. The second kappa shape index (κ2) is 4.47. The van der Waals surface area contributed by atoms with E-state index in [-0.39, 0.29) is 12.1 Å². The lowest BCUT2D eigenvalue weighted by molar-refractivity contribution is -0.272. The third kappa shape index (κ3) is 1.78. The van der Waals surface area contributed by atoms with Gasteiger partial charge < -0.3 is 0 Å². The van der Waals surface area contributed by atoms with Crippen LogP contribution in [0.4, 0.5) is 0 Å². The van der Waals surface area contributed by atoms with E-state index in [4.69, 9.17) is 0 Å². The van der Waals surface area contributed by atoms with Crippen LogP contribution in [0.25, 0.3) is 0 Å². The molecule has 0 bridgehead atoms. The summed E-state index contributed by atoms with van der Waals surface area (Å²) >= 11 is 0. The largest absolute Gasteiger partial charge is 0.390 e. The van der Waals surface area contributed by atoms with E-state index in [2.05, 4.69) is 14.6 Å². The molecule has 1 aromatic rings. The average molecular weight is 328 g/mol. The van der Waals surface area contributed by atoms with Crippen LogP contribution < -0.4 is 4.40 Å². The van der Waals surface area contributed by atoms with E-state index in [1.807, 2.05) is 57.2 Å². The normalized spacial score (nSPS) is 34.0. The van der Waals surface area contributed by atoms with Crippen LogP contribution in [0.5, 0.6) is 0 Å². The molecule has 0 aromatic heterocycles. The Morgan fingerprint density at radius 3 is 2.43 bits per heavy atom. The minimum Gasteiger partial charge on any atom is -0.184 e. The number of hydrogen-bond acceptors (Lipinski definition) is 4. The maximum absolute atomic E-state index is 12.9. The molecule has 0 radical (unpaired) electrons. The zero-order valence-electron chi connectivity index (χ0n) is 13.2. The van der Waals surface area contributed by atoms with Crippen molar-refractivity contribution in [1.29, 1.82) is 0 Å². The highest BCUT2D eigenvalue weighted by molar-refractivity contribution is 7.89. The molecule has 0 spiro atoms. The van der Waals surface area contributed by atoms with E-state index in [1.165, 1.54) is 0 Å². The van der Waals surface area contributed by atoms with E-state index < -0.39 is 15.4 Å². The predicted molar refractivity (Wildman–Crippen MR) is 87.4 cm³/mol. The van der Waals surface area contributed by atoms with Crippen molar-refractivity contribution in [3.8, 4) is 0 Å². The molecule has 0 fully saturated rings. The number of allylic oxidation sites excluding steroid dienone is 2. The summed E-state index contributed by atoms with van der Waals surface area (Å²) in [7, 11) is -3.61. The fraction of sp³-hybridized carbons (Fsp3) is 0.353. The van der Waals surface area contributed by atoms with Crippen LogP contribution in [-0.4, -0.2) is 26.2 Å². The summed E-state index contributed by atoms with van der Waals surface area (Å²) in [5.74, 6) is 0. The van der Waals surface area contributed by atoms with Crippen LogP contribution >= 0.6 is 0 Å². The predicted octanol–water partition coefficient (Wildman–Crippen LogP) is 1.34. The van der Waals surface area contributed by atoms with Crippen LogP contribution in [0.1, 0.15) is 26.3 Å². The summed E-state index contributed by atoms with van der Waals surface area (Å²) in [4.78, 5) is 0.426. The van der Waals surface area contributed by atoms with E-state index in [0.717, 1.165) is 16.7 Å². The van der Waals surface area contributed by atoms with Crippen molar-refractivity contribution in [3.63, 3.8) is 0 Å². The fourth-order valence-corrected chi connectivity index (χ4v) is 6.10. The molecule has 3 unspecified atom stereocenters. The van der Waals surface area contributed by atoms with Gasteiger partial charge in [0.05, 0.1) is 5.41 Å². The molecule has 1 aromatic carbocycles. The summed E-state index contributed by atoms with van der Waals surface area (Å²) in [6.45, 7) is 5.82. The molecule has 23 heavy (non-hydrogen) atoms. The SMILES string of the molecule is CC1=CC(C)=C2C3(C)C1N=NC3C(c1ccccc1)=[NH+]S2(=O)=O. The number of benzene rings is 1. The lowest BCUT2D eigenvalue weighted by atomic mass is 9.68. The summed E-state index contributed by atoms with van der Waals surface area (Å²) in [5, 5.41) is 8.89. The first-order valence-electron chi connectivity index (χ1n) is 7.60. The standard InChI is InChI=1S/C17H17N3O2S/c1-10-9-11(2)16-17(3)14(10)18-19-15(17)13(20-23(16,21)22)12-7-5-4-6-8-12/h4-9,14-15H,1-3H3/p+1. The summed E-state index contributed by atoms with van der Waals surface area (Å²) in [6, 6.07) is 8.96. The Kier molecular flexibility index (Phi) is 2.82. The number of hydrogen-bond donors (Lipinski definition) is 1. The monoisotopic (exact) mass is 328 g/mol. The molecule has 6 heteroatoms. The van der Waals surface area contributed by atoms with Crippen molar-refractivity contribution in [3.05, 3.63) is 58.0 Å². The van der Waals surface area contributed by atoms with E-state index >= 15 is 0 Å². The Morgan fingerprint density at radius 2 is 1.74 bits per heavy atom. The van der Waals surface area contributed by atoms with Gasteiger partial charge in [0, 0.05) is 5.56 Å². The molecule has 2 aliphatic heterocycles. The van der Waals surface area contributed by atoms with Crippen LogP contribution in [0.15, 0.2) is 62.7 Å². The second-order valence-electron chi connectivity index (χ2n) is 6.60. The number of nitrogens with zero attached hydrogens (tertiary/aromatic N) is 2. The van der Waals surface area contributed by atoms with Gasteiger partial charge in [0.2, 0.25) is 5.71 Å². The van der Waals surface area contributed by atoms with Crippen molar-refractivity contribution >= 4 is 15.7 Å². The Balaban J connectivity index is 2.04. The number of nitrogens with one attached hydrogen (secondary N) is 1. The lowest BCUT2D eigenvalue weighted by Crippen LogP contribution is -2.84. The molecule has 4 rings (SSSR count). The van der Waals surface area contributed by atoms with E-state index in [0.29, 0.717) is 10.6 Å². The van der Waals surface area contributed by atoms with Gasteiger partial charge >= 0.3 is 10.0 Å². The lowest BCUT2D eigenvalue weighted by Gasteiger charge is -2.38. The Hall–Kier alpha value is -2.08. The fourth-order valence-electron chi connectivity index (χ4n) is 4.19. The molecular weight excluding hydrogens is 310 g/mol. The van der Waals surface area contributed by atoms with E-state index in [1.54, 1.807) is 0 Å². The van der Waals surface area contributed by atoms with Gasteiger partial charge in [0.15, 0.2) is 6.04 Å². The smallest absolute Gasteiger partial charge is 0.184 e. The summed E-state index contributed by atoms with van der Waals surface area (Å²) in [6.07, 6.45) is 1.91. The third-order valence-corrected chi connectivity index (χ3v) is 6.82. The van der Waals surface area contributed by atoms with Gasteiger partial charge in [-0.2, -0.15) is 18.6 Å². The molecule has 0 saturated carbocycles. The van der Waals surface area contributed by atoms with E-state index in [9.17, 15) is 8.42 Å². The van der Waals surface area contributed by atoms with Gasteiger partial charge in [-0.25, -0.2) is 0 Å². The first kappa shape index (κ1) is 14.5. The van der Waals surface area contributed by atoms with Crippen molar-refractivity contribution in [2.24, 2.45) is 15.6 Å². The molecule has 3 aliphatic rings. The third-order valence-electron chi connectivity index (χ3n) is 5.03. The minimum atomic E-state index is -3.61. The Labute approximate surface area is 135 Å². The molecule has 3 atom stereocenters. The zero-order chi connectivity index (χ0) is 16.4. The number of azo groups is 1. The van der Waals surface area contributed by atoms with Crippen LogP contribution in [0.3, 0.4) is 0 Å². The first-order valence-corrected chi connectivity index (χ1v) is 9.08. The van der Waals surface area contributed by atoms with Crippen molar-refractivity contribution < 1.29 is 12.8 Å². The van der Waals surface area contributed by atoms with Crippen molar-refractivity contribution in [2.75, 3.05) is 0 Å². The summed E-state index contributed by atoms with van der Waals surface area (Å²) < 4.78 is 28.6. The highest BCUT2D eigenvalue weighted by Crippen LogP contribution is 2.52. The molecule has 1 N–H and O–H groups in total. The Bertz CT molecular complexity index is 926. The first-order chi connectivity index (χ1) is 10.9. The van der Waals surface area contributed by atoms with Gasteiger partial charge in [0.25, 0.3) is 0 Å². The molecule has 1 aliphatic carbocycles. The van der Waals surface area contributed by atoms with Crippen molar-refractivity contribution in [2.45, 2.75) is 32.9 Å². The van der Waals surface area contributed by atoms with Gasteiger partial charge in [-0.15, -0.1) is 4.40 Å². The summed E-state index contributed by atoms with van der Waals surface area (Å²) in [5.41, 5.74) is 2.64. The Morgan fingerprint density at radius 1 is 1.09 bits per heavy atom. The molecule has 2 heterocycles. The van der Waals surface area contributed by atoms with Crippen LogP contribution in [0, 0.1) is 5.41 Å². The van der Waals surface area contributed by atoms with Gasteiger partial charge in [-0.05, 0) is 44.1 Å². The van der Waals surface area contributed by atoms with Gasteiger partial charge in [0.1, 0.15) is 10.9 Å².